The summed E-state index contributed by atoms with van der Waals surface area (Å²) in [5.74, 6) is 1.79. The number of likely N-dealkylation sites (tertiary alicyclic amines) is 1. The lowest BCUT2D eigenvalue weighted by atomic mass is 10.2. The number of hydrogen-bond acceptors (Lipinski definition) is 5. The fourth-order valence-electron chi connectivity index (χ4n) is 2.88. The molecule has 2 aliphatic rings. The molecule has 1 atom stereocenters. The van der Waals surface area contributed by atoms with Crippen molar-refractivity contribution in [1.82, 2.24) is 25.2 Å². The average molecular weight is 287 g/mol. The van der Waals surface area contributed by atoms with Crippen molar-refractivity contribution in [2.45, 2.75) is 44.6 Å². The molecule has 4 rings (SSSR count). The number of aryl methyl sites for hydroxylation is 1. The van der Waals surface area contributed by atoms with Crippen molar-refractivity contribution < 1.29 is 9.32 Å². The summed E-state index contributed by atoms with van der Waals surface area (Å²) in [4.78, 5) is 19.0. The third-order valence-electron chi connectivity index (χ3n) is 4.26. The largest absolute Gasteiger partial charge is 0.339 e. The van der Waals surface area contributed by atoms with Crippen molar-refractivity contribution in [3.63, 3.8) is 0 Å². The molecule has 0 spiro atoms. The van der Waals surface area contributed by atoms with Crippen LogP contribution < -0.4 is 0 Å². The van der Waals surface area contributed by atoms with Gasteiger partial charge in [-0.05, 0) is 32.6 Å². The van der Waals surface area contributed by atoms with Gasteiger partial charge in [0.15, 0.2) is 5.82 Å². The van der Waals surface area contributed by atoms with Crippen LogP contribution in [0.1, 0.15) is 65.4 Å². The Morgan fingerprint density at radius 1 is 1.43 bits per heavy atom. The molecular weight excluding hydrogens is 270 g/mol. The van der Waals surface area contributed by atoms with Crippen LogP contribution in [0.15, 0.2) is 10.7 Å². The molecule has 3 heterocycles. The number of rotatable bonds is 3. The summed E-state index contributed by atoms with van der Waals surface area (Å²) in [6.07, 6.45) is 5.68. The smallest absolute Gasteiger partial charge is 0.257 e. The maximum atomic E-state index is 12.6. The van der Waals surface area contributed by atoms with Gasteiger partial charge in [-0.2, -0.15) is 10.1 Å². The summed E-state index contributed by atoms with van der Waals surface area (Å²) in [5, 5.41) is 10.8. The van der Waals surface area contributed by atoms with E-state index in [9.17, 15) is 4.79 Å². The molecule has 0 unspecified atom stereocenters. The van der Waals surface area contributed by atoms with Crippen LogP contribution in [0.2, 0.25) is 0 Å². The third kappa shape index (κ3) is 2.12. The molecule has 0 bridgehead atoms. The summed E-state index contributed by atoms with van der Waals surface area (Å²) in [7, 11) is 0. The summed E-state index contributed by atoms with van der Waals surface area (Å²) in [6, 6.07) is -0.0805. The molecule has 0 radical (unpaired) electrons. The van der Waals surface area contributed by atoms with E-state index in [1.807, 2.05) is 11.8 Å². The van der Waals surface area contributed by atoms with Gasteiger partial charge in [-0.3, -0.25) is 9.89 Å². The Morgan fingerprint density at radius 2 is 2.29 bits per heavy atom. The van der Waals surface area contributed by atoms with Gasteiger partial charge in [-0.1, -0.05) is 5.16 Å². The fraction of sp³-hybridized carbons (Fsp3) is 0.571. The first-order valence-electron chi connectivity index (χ1n) is 7.38. The van der Waals surface area contributed by atoms with Crippen LogP contribution in [-0.2, 0) is 0 Å². The van der Waals surface area contributed by atoms with Crippen LogP contribution in [-0.4, -0.2) is 37.7 Å². The third-order valence-corrected chi connectivity index (χ3v) is 4.26. The Bertz CT molecular complexity index is 672. The minimum atomic E-state index is -0.0805. The number of H-pyrrole nitrogens is 1. The molecule has 1 saturated carbocycles. The predicted octanol–water partition coefficient (Wildman–Crippen LogP) is 1.96. The number of nitrogens with one attached hydrogen (secondary N) is 1. The van der Waals surface area contributed by atoms with E-state index in [1.54, 1.807) is 6.20 Å². The molecule has 2 fully saturated rings. The second-order valence-corrected chi connectivity index (χ2v) is 5.83. The number of aromatic amines is 1. The zero-order valence-corrected chi connectivity index (χ0v) is 11.9. The molecule has 1 amide bonds. The van der Waals surface area contributed by atoms with E-state index < -0.39 is 0 Å². The molecule has 7 nitrogen and oxygen atoms in total. The van der Waals surface area contributed by atoms with Crippen LogP contribution in [0.3, 0.4) is 0 Å². The standard InChI is InChI=1S/C14H17N5O2/c1-8-10(7-15-17-8)14(20)19-6-2-3-11(19)12-16-13(21-18-12)9-4-5-9/h7,9,11H,2-6H2,1H3,(H,15,17)/t11-/m1/s1. The van der Waals surface area contributed by atoms with Crippen molar-refractivity contribution in [1.29, 1.82) is 0 Å². The van der Waals surface area contributed by atoms with Crippen molar-refractivity contribution in [2.75, 3.05) is 6.54 Å². The van der Waals surface area contributed by atoms with Crippen LogP contribution in [0.5, 0.6) is 0 Å². The maximum Gasteiger partial charge on any atom is 0.257 e. The molecule has 1 saturated heterocycles. The van der Waals surface area contributed by atoms with E-state index in [0.717, 1.165) is 43.8 Å². The van der Waals surface area contributed by atoms with Gasteiger partial charge in [0.1, 0.15) is 0 Å². The Morgan fingerprint density at radius 3 is 3.00 bits per heavy atom. The van der Waals surface area contributed by atoms with Crippen LogP contribution >= 0.6 is 0 Å². The fourth-order valence-corrected chi connectivity index (χ4v) is 2.88. The van der Waals surface area contributed by atoms with Crippen molar-refractivity contribution in [2.24, 2.45) is 0 Å². The highest BCUT2D eigenvalue weighted by atomic mass is 16.5. The molecule has 7 heteroatoms. The van der Waals surface area contributed by atoms with E-state index in [0.29, 0.717) is 17.3 Å². The van der Waals surface area contributed by atoms with Gasteiger partial charge in [0.05, 0.1) is 17.8 Å². The molecule has 1 aliphatic heterocycles. The second kappa shape index (κ2) is 4.68. The summed E-state index contributed by atoms with van der Waals surface area (Å²) in [6.45, 7) is 2.58. The lowest BCUT2D eigenvalue weighted by Gasteiger charge is -2.21. The van der Waals surface area contributed by atoms with Gasteiger partial charge >= 0.3 is 0 Å². The van der Waals surface area contributed by atoms with Gasteiger partial charge in [0.25, 0.3) is 5.91 Å². The molecule has 110 valence electrons. The topological polar surface area (TPSA) is 87.9 Å². The van der Waals surface area contributed by atoms with Gasteiger partial charge in [-0.25, -0.2) is 0 Å². The normalized spacial score (nSPS) is 22.0. The Kier molecular flexibility index (Phi) is 2.80. The Labute approximate surface area is 121 Å². The minimum Gasteiger partial charge on any atom is -0.339 e. The molecular formula is C14H17N5O2. The maximum absolute atomic E-state index is 12.6. The van der Waals surface area contributed by atoms with E-state index in [2.05, 4.69) is 20.3 Å². The highest BCUT2D eigenvalue weighted by molar-refractivity contribution is 5.95. The van der Waals surface area contributed by atoms with Crippen LogP contribution in [0.25, 0.3) is 0 Å². The van der Waals surface area contributed by atoms with E-state index in [4.69, 9.17) is 4.52 Å². The minimum absolute atomic E-state index is 0.0125. The number of carbonyl (C=O) groups is 1. The van der Waals surface area contributed by atoms with E-state index in [-0.39, 0.29) is 11.9 Å². The zero-order valence-electron chi connectivity index (χ0n) is 11.9. The van der Waals surface area contributed by atoms with Crippen LogP contribution in [0.4, 0.5) is 0 Å². The number of carbonyl (C=O) groups excluding carboxylic acids is 1. The van der Waals surface area contributed by atoms with E-state index in [1.165, 1.54) is 0 Å². The highest BCUT2D eigenvalue weighted by Gasteiger charge is 2.36. The van der Waals surface area contributed by atoms with Crippen molar-refractivity contribution in [3.05, 3.63) is 29.2 Å². The van der Waals surface area contributed by atoms with E-state index >= 15 is 0 Å². The first-order valence-corrected chi connectivity index (χ1v) is 7.38. The Balaban J connectivity index is 1.59. The Hall–Kier alpha value is -2.18. The van der Waals surface area contributed by atoms with Crippen molar-refractivity contribution >= 4 is 5.91 Å². The number of hydrogen-bond donors (Lipinski definition) is 1. The first kappa shape index (κ1) is 12.6. The predicted molar refractivity (Wildman–Crippen MR) is 72.6 cm³/mol. The monoisotopic (exact) mass is 287 g/mol. The lowest BCUT2D eigenvalue weighted by Crippen LogP contribution is -2.31. The molecule has 21 heavy (non-hydrogen) atoms. The zero-order chi connectivity index (χ0) is 14.4. The summed E-state index contributed by atoms with van der Waals surface area (Å²) >= 11 is 0. The molecule has 0 aromatic carbocycles. The number of nitrogens with zero attached hydrogens (tertiary/aromatic N) is 4. The lowest BCUT2D eigenvalue weighted by molar-refractivity contribution is 0.0727. The van der Waals surface area contributed by atoms with Gasteiger partial charge in [0.2, 0.25) is 5.89 Å². The van der Waals surface area contributed by atoms with Crippen molar-refractivity contribution in [3.8, 4) is 0 Å². The molecule has 1 aliphatic carbocycles. The molecule has 2 aromatic rings. The quantitative estimate of drug-likeness (QED) is 0.932. The first-order chi connectivity index (χ1) is 10.2. The number of aromatic nitrogens is 4. The molecule has 2 aromatic heterocycles. The average Bonchev–Trinajstić information content (AvgIpc) is 2.94. The number of amides is 1. The highest BCUT2D eigenvalue weighted by Crippen LogP contribution is 2.40. The van der Waals surface area contributed by atoms with Gasteiger partial charge in [-0.15, -0.1) is 0 Å². The molecule has 1 N–H and O–H groups in total. The van der Waals surface area contributed by atoms with Gasteiger partial charge < -0.3 is 9.42 Å². The second-order valence-electron chi connectivity index (χ2n) is 5.83. The van der Waals surface area contributed by atoms with Gasteiger partial charge in [0, 0.05) is 18.2 Å². The summed E-state index contributed by atoms with van der Waals surface area (Å²) < 4.78 is 5.33. The summed E-state index contributed by atoms with van der Waals surface area (Å²) in [5.41, 5.74) is 1.41. The SMILES string of the molecule is Cc1[nH]ncc1C(=O)N1CCC[C@@H]1c1noc(C2CC2)n1. The van der Waals surface area contributed by atoms with Crippen LogP contribution in [0, 0.1) is 6.92 Å².